The molecule has 0 unspecified atom stereocenters. The number of rotatable bonds is 4. The van der Waals surface area contributed by atoms with Gasteiger partial charge in [-0.1, -0.05) is 18.7 Å². The fraction of sp³-hybridized carbons (Fsp3) is 0.600. The lowest BCUT2D eigenvalue weighted by molar-refractivity contribution is -0.119. The fourth-order valence-corrected chi connectivity index (χ4v) is 3.64. The maximum atomic E-state index is 12.1. The lowest BCUT2D eigenvalue weighted by atomic mass is 9.87. The summed E-state index contributed by atoms with van der Waals surface area (Å²) < 4.78 is 1.71. The average Bonchev–Trinajstić information content (AvgIpc) is 2.90. The predicted molar refractivity (Wildman–Crippen MR) is 86.6 cm³/mol. The topological polar surface area (TPSA) is 72.7 Å². The Hall–Kier alpha value is -1.63. The van der Waals surface area contributed by atoms with Gasteiger partial charge in [-0.05, 0) is 31.6 Å². The molecule has 2 aromatic rings. The normalized spacial score (nSPS) is 21.9. The maximum absolute atomic E-state index is 12.1. The van der Waals surface area contributed by atoms with Gasteiger partial charge in [-0.2, -0.15) is 5.10 Å². The van der Waals surface area contributed by atoms with Crippen molar-refractivity contribution in [2.75, 3.05) is 5.75 Å². The summed E-state index contributed by atoms with van der Waals surface area (Å²) in [7, 11) is 1.85. The van der Waals surface area contributed by atoms with E-state index in [9.17, 15) is 4.79 Å². The molecule has 6 nitrogen and oxygen atoms in total. The predicted octanol–water partition coefficient (Wildman–Crippen LogP) is 2.15. The molecule has 0 spiro atoms. The number of fused-ring (bicyclic) bond motifs is 1. The van der Waals surface area contributed by atoms with E-state index in [0.717, 1.165) is 34.8 Å². The van der Waals surface area contributed by atoms with E-state index in [1.54, 1.807) is 10.9 Å². The van der Waals surface area contributed by atoms with E-state index in [2.05, 4.69) is 27.3 Å². The monoisotopic (exact) mass is 319 g/mol. The van der Waals surface area contributed by atoms with Crippen LogP contribution in [-0.4, -0.2) is 37.5 Å². The second-order valence-electron chi connectivity index (χ2n) is 6.00. The summed E-state index contributed by atoms with van der Waals surface area (Å²) >= 11 is 1.44. The summed E-state index contributed by atoms with van der Waals surface area (Å²) in [6, 6.07) is 0.341. The first kappa shape index (κ1) is 15.3. The van der Waals surface area contributed by atoms with Crippen LogP contribution in [-0.2, 0) is 11.8 Å². The van der Waals surface area contributed by atoms with Gasteiger partial charge in [0.25, 0.3) is 0 Å². The molecular formula is C15H21N5OS. The summed E-state index contributed by atoms with van der Waals surface area (Å²) in [4.78, 5) is 20.6. The molecule has 3 rings (SSSR count). The lowest BCUT2D eigenvalue weighted by Crippen LogP contribution is -2.38. The maximum Gasteiger partial charge on any atom is 0.230 e. The van der Waals surface area contributed by atoms with Crippen molar-refractivity contribution in [2.24, 2.45) is 13.0 Å². The Morgan fingerprint density at radius 1 is 1.36 bits per heavy atom. The SMILES string of the molecule is CC1CCC(NC(=O)CSc2ncnc3c2cnn3C)CC1. The molecule has 1 amide bonds. The van der Waals surface area contributed by atoms with Gasteiger partial charge >= 0.3 is 0 Å². The Morgan fingerprint density at radius 2 is 2.14 bits per heavy atom. The van der Waals surface area contributed by atoms with Gasteiger partial charge in [0.2, 0.25) is 5.91 Å². The first-order valence-corrected chi connectivity index (χ1v) is 8.67. The lowest BCUT2D eigenvalue weighted by Gasteiger charge is -2.26. The molecule has 1 aliphatic rings. The average molecular weight is 319 g/mol. The van der Waals surface area contributed by atoms with E-state index in [1.165, 1.54) is 30.9 Å². The van der Waals surface area contributed by atoms with Crippen LogP contribution in [0.15, 0.2) is 17.6 Å². The van der Waals surface area contributed by atoms with Crippen molar-refractivity contribution in [1.29, 1.82) is 0 Å². The molecule has 1 fully saturated rings. The molecule has 2 aromatic heterocycles. The third kappa shape index (κ3) is 3.40. The Kier molecular flexibility index (Phi) is 4.61. The molecule has 1 saturated carbocycles. The highest BCUT2D eigenvalue weighted by Crippen LogP contribution is 2.25. The second-order valence-corrected chi connectivity index (χ2v) is 6.96. The highest BCUT2D eigenvalue weighted by molar-refractivity contribution is 8.00. The van der Waals surface area contributed by atoms with E-state index in [4.69, 9.17) is 0 Å². The molecule has 0 bridgehead atoms. The number of hydrogen-bond acceptors (Lipinski definition) is 5. The van der Waals surface area contributed by atoms with Crippen LogP contribution in [0.4, 0.5) is 0 Å². The van der Waals surface area contributed by atoms with Crippen molar-refractivity contribution < 1.29 is 4.79 Å². The van der Waals surface area contributed by atoms with Crippen LogP contribution in [0, 0.1) is 5.92 Å². The number of thioether (sulfide) groups is 1. The van der Waals surface area contributed by atoms with Crippen LogP contribution in [0.25, 0.3) is 11.0 Å². The van der Waals surface area contributed by atoms with Crippen LogP contribution in [0.2, 0.25) is 0 Å². The van der Waals surface area contributed by atoms with Crippen molar-refractivity contribution >= 4 is 28.7 Å². The number of carbonyl (C=O) groups is 1. The summed E-state index contributed by atoms with van der Waals surface area (Å²) in [5.74, 6) is 1.26. The third-order valence-corrected chi connectivity index (χ3v) is 5.22. The zero-order valence-electron chi connectivity index (χ0n) is 13.0. The molecule has 22 heavy (non-hydrogen) atoms. The molecule has 1 N–H and O–H groups in total. The summed E-state index contributed by atoms with van der Waals surface area (Å²) in [6.45, 7) is 2.28. The zero-order chi connectivity index (χ0) is 15.5. The number of nitrogens with zero attached hydrogens (tertiary/aromatic N) is 4. The van der Waals surface area contributed by atoms with E-state index in [1.807, 2.05) is 7.05 Å². The summed E-state index contributed by atoms with van der Waals surface area (Å²) in [5.41, 5.74) is 0.791. The van der Waals surface area contributed by atoms with Gasteiger partial charge in [-0.15, -0.1) is 0 Å². The molecule has 0 saturated heterocycles. The molecule has 0 radical (unpaired) electrons. The van der Waals surface area contributed by atoms with Gasteiger partial charge in [0, 0.05) is 13.1 Å². The molecule has 7 heteroatoms. The van der Waals surface area contributed by atoms with E-state index in [0.29, 0.717) is 11.8 Å². The number of aryl methyl sites for hydroxylation is 1. The number of nitrogens with one attached hydrogen (secondary N) is 1. The van der Waals surface area contributed by atoms with Gasteiger partial charge in [-0.25, -0.2) is 9.97 Å². The Bertz CT molecular complexity index is 663. The number of amides is 1. The number of hydrogen-bond donors (Lipinski definition) is 1. The molecule has 0 aliphatic heterocycles. The Balaban J connectivity index is 1.56. The molecular weight excluding hydrogens is 298 g/mol. The minimum Gasteiger partial charge on any atom is -0.353 e. The van der Waals surface area contributed by atoms with Gasteiger partial charge in [0.15, 0.2) is 5.65 Å². The van der Waals surface area contributed by atoms with Crippen LogP contribution < -0.4 is 5.32 Å². The molecule has 0 aromatic carbocycles. The van der Waals surface area contributed by atoms with Gasteiger partial charge in [0.1, 0.15) is 11.4 Å². The standard InChI is InChI=1S/C15H21N5OS/c1-10-3-5-11(6-4-10)19-13(21)8-22-15-12-7-18-20(2)14(12)16-9-17-15/h7,9-11H,3-6,8H2,1-2H3,(H,19,21). The molecule has 1 aliphatic carbocycles. The molecule has 118 valence electrons. The zero-order valence-corrected chi connectivity index (χ0v) is 13.8. The smallest absolute Gasteiger partial charge is 0.230 e. The highest BCUT2D eigenvalue weighted by atomic mass is 32.2. The summed E-state index contributed by atoms with van der Waals surface area (Å²) in [6.07, 6.45) is 7.88. The van der Waals surface area contributed by atoms with Crippen LogP contribution >= 0.6 is 11.8 Å². The van der Waals surface area contributed by atoms with Crippen molar-refractivity contribution in [3.8, 4) is 0 Å². The first-order chi connectivity index (χ1) is 10.6. The van der Waals surface area contributed by atoms with Gasteiger partial charge < -0.3 is 5.32 Å². The van der Waals surface area contributed by atoms with Crippen LogP contribution in [0.5, 0.6) is 0 Å². The largest absolute Gasteiger partial charge is 0.353 e. The number of aromatic nitrogens is 4. The Labute approximate surface area is 134 Å². The van der Waals surface area contributed by atoms with Crippen molar-refractivity contribution in [3.05, 3.63) is 12.5 Å². The van der Waals surface area contributed by atoms with Crippen molar-refractivity contribution in [3.63, 3.8) is 0 Å². The van der Waals surface area contributed by atoms with E-state index in [-0.39, 0.29) is 5.91 Å². The minimum absolute atomic E-state index is 0.0835. The van der Waals surface area contributed by atoms with Crippen molar-refractivity contribution in [1.82, 2.24) is 25.1 Å². The molecule has 2 heterocycles. The van der Waals surface area contributed by atoms with Gasteiger partial charge in [-0.3, -0.25) is 9.48 Å². The van der Waals surface area contributed by atoms with Crippen LogP contribution in [0.3, 0.4) is 0 Å². The fourth-order valence-electron chi connectivity index (χ4n) is 2.86. The highest BCUT2D eigenvalue weighted by Gasteiger charge is 2.20. The first-order valence-electron chi connectivity index (χ1n) is 7.68. The van der Waals surface area contributed by atoms with E-state index < -0.39 is 0 Å². The van der Waals surface area contributed by atoms with Crippen molar-refractivity contribution in [2.45, 2.75) is 43.7 Å². The third-order valence-electron chi connectivity index (χ3n) is 4.21. The number of carbonyl (C=O) groups excluding carboxylic acids is 1. The van der Waals surface area contributed by atoms with E-state index >= 15 is 0 Å². The second kappa shape index (κ2) is 6.64. The summed E-state index contributed by atoms with van der Waals surface area (Å²) in [5, 5.41) is 9.03. The Morgan fingerprint density at radius 3 is 2.91 bits per heavy atom. The van der Waals surface area contributed by atoms with Crippen LogP contribution in [0.1, 0.15) is 32.6 Å². The molecule has 0 atom stereocenters. The van der Waals surface area contributed by atoms with Gasteiger partial charge in [0.05, 0.1) is 17.3 Å². The quantitative estimate of drug-likeness (QED) is 0.690. The minimum atomic E-state index is 0.0835.